The molecule has 246 valence electrons. The van der Waals surface area contributed by atoms with Gasteiger partial charge in [-0.2, -0.15) is 5.26 Å². The van der Waals surface area contributed by atoms with Gasteiger partial charge in [-0.25, -0.2) is 0 Å². The van der Waals surface area contributed by atoms with Gasteiger partial charge in [0.1, 0.15) is 28.3 Å². The highest BCUT2D eigenvalue weighted by Gasteiger charge is 2.21. The average molecular weight is 689 g/mol. The van der Waals surface area contributed by atoms with Crippen molar-refractivity contribution in [3.8, 4) is 28.7 Å². The lowest BCUT2D eigenvalue weighted by Gasteiger charge is -2.14. The second kappa shape index (κ2) is 16.3. The molecule has 9 nitrogen and oxygen atoms in total. The number of benzene rings is 4. The van der Waals surface area contributed by atoms with E-state index in [0.29, 0.717) is 38.9 Å². The SMILES string of the molecule is COc1ccc(/C=C(/NC(=O)c2ccccc2)C(=O)Nc2cccc(SC(C)C(=O)Nc3scc(-c4ccccc4)c3C#N)c2)c(OC)c1. The van der Waals surface area contributed by atoms with Gasteiger partial charge in [0, 0.05) is 38.7 Å². The van der Waals surface area contributed by atoms with Crippen molar-refractivity contribution >= 4 is 57.6 Å². The Hall–Kier alpha value is -5.83. The van der Waals surface area contributed by atoms with Crippen LogP contribution in [0.4, 0.5) is 10.7 Å². The van der Waals surface area contributed by atoms with Crippen LogP contribution in [-0.2, 0) is 9.59 Å². The molecule has 0 saturated heterocycles. The fourth-order valence-corrected chi connectivity index (χ4v) is 6.59. The van der Waals surface area contributed by atoms with Crippen molar-refractivity contribution in [1.29, 1.82) is 5.26 Å². The molecule has 3 amide bonds. The van der Waals surface area contributed by atoms with Crippen molar-refractivity contribution in [3.63, 3.8) is 0 Å². The van der Waals surface area contributed by atoms with E-state index in [1.165, 1.54) is 36.3 Å². The first-order valence-electron chi connectivity index (χ1n) is 15.1. The molecule has 49 heavy (non-hydrogen) atoms. The summed E-state index contributed by atoms with van der Waals surface area (Å²) < 4.78 is 10.8. The van der Waals surface area contributed by atoms with Crippen molar-refractivity contribution < 1.29 is 23.9 Å². The van der Waals surface area contributed by atoms with Crippen LogP contribution in [0, 0.1) is 11.3 Å². The number of hydrogen-bond donors (Lipinski definition) is 3. The highest BCUT2D eigenvalue weighted by molar-refractivity contribution is 8.00. The minimum atomic E-state index is -0.564. The number of amides is 3. The standard InChI is InChI=1S/C38H32N4O5S2/c1-24(35(43)42-38-31(22-39)32(23-48-38)25-11-6-4-7-12-25)49-30-16-10-15-28(20-30)40-37(45)33(41-36(44)26-13-8-5-9-14-26)19-27-17-18-29(46-2)21-34(27)47-3/h4-21,23-24H,1-3H3,(H,40,45)(H,41,44)(H,42,43)/b33-19+. The van der Waals surface area contributed by atoms with Crippen LogP contribution < -0.4 is 25.4 Å². The number of hydrogen-bond acceptors (Lipinski definition) is 8. The molecule has 5 aromatic rings. The molecule has 1 heterocycles. The molecule has 0 aliphatic heterocycles. The summed E-state index contributed by atoms with van der Waals surface area (Å²) in [6.45, 7) is 1.77. The zero-order chi connectivity index (χ0) is 34.8. The number of nitrogens with zero attached hydrogens (tertiary/aromatic N) is 1. The summed E-state index contributed by atoms with van der Waals surface area (Å²) in [4.78, 5) is 40.7. The molecule has 1 atom stereocenters. The van der Waals surface area contributed by atoms with Crippen LogP contribution in [0.5, 0.6) is 11.5 Å². The summed E-state index contributed by atoms with van der Waals surface area (Å²) in [7, 11) is 3.04. The molecule has 0 spiro atoms. The first-order valence-corrected chi connectivity index (χ1v) is 16.8. The predicted octanol–water partition coefficient (Wildman–Crippen LogP) is 7.83. The zero-order valence-electron chi connectivity index (χ0n) is 26.9. The van der Waals surface area contributed by atoms with Gasteiger partial charge in [-0.3, -0.25) is 14.4 Å². The van der Waals surface area contributed by atoms with Crippen LogP contribution in [0.2, 0.25) is 0 Å². The second-order valence-corrected chi connectivity index (χ2v) is 12.8. The van der Waals surface area contributed by atoms with Gasteiger partial charge < -0.3 is 25.4 Å². The first-order chi connectivity index (χ1) is 23.8. The van der Waals surface area contributed by atoms with Crippen molar-refractivity contribution in [1.82, 2.24) is 5.32 Å². The smallest absolute Gasteiger partial charge is 0.272 e. The van der Waals surface area contributed by atoms with Crippen molar-refractivity contribution in [3.05, 3.63) is 131 Å². The largest absolute Gasteiger partial charge is 0.497 e. The second-order valence-electron chi connectivity index (χ2n) is 10.5. The average Bonchev–Trinajstić information content (AvgIpc) is 3.54. The molecule has 0 radical (unpaired) electrons. The van der Waals surface area contributed by atoms with E-state index < -0.39 is 17.1 Å². The lowest BCUT2D eigenvalue weighted by Crippen LogP contribution is -2.30. The maximum atomic E-state index is 13.7. The predicted molar refractivity (Wildman–Crippen MR) is 195 cm³/mol. The molecule has 0 saturated carbocycles. The number of carbonyl (C=O) groups excluding carboxylic acids is 3. The summed E-state index contributed by atoms with van der Waals surface area (Å²) in [5.41, 5.74) is 3.47. The zero-order valence-corrected chi connectivity index (χ0v) is 28.5. The van der Waals surface area contributed by atoms with E-state index in [0.717, 1.165) is 16.0 Å². The lowest BCUT2D eigenvalue weighted by molar-refractivity contribution is -0.115. The molecule has 0 aliphatic rings. The maximum absolute atomic E-state index is 13.7. The van der Waals surface area contributed by atoms with E-state index in [-0.39, 0.29) is 11.6 Å². The Labute approximate surface area is 292 Å². The van der Waals surface area contributed by atoms with Crippen LogP contribution in [0.25, 0.3) is 17.2 Å². The monoisotopic (exact) mass is 688 g/mol. The van der Waals surface area contributed by atoms with E-state index in [9.17, 15) is 19.6 Å². The molecule has 0 bridgehead atoms. The minimum absolute atomic E-state index is 0.0118. The van der Waals surface area contributed by atoms with Crippen LogP contribution >= 0.6 is 23.1 Å². The number of thioether (sulfide) groups is 1. The third kappa shape index (κ3) is 8.75. The number of methoxy groups -OCH3 is 2. The van der Waals surface area contributed by atoms with Gasteiger partial charge in [0.25, 0.3) is 11.8 Å². The Kier molecular flexibility index (Phi) is 11.5. The summed E-state index contributed by atoms with van der Waals surface area (Å²) in [5, 5.41) is 20.2. The topological polar surface area (TPSA) is 130 Å². The third-order valence-electron chi connectivity index (χ3n) is 7.27. The third-order valence-corrected chi connectivity index (χ3v) is 9.26. The van der Waals surface area contributed by atoms with Gasteiger partial charge in [0.2, 0.25) is 5.91 Å². The van der Waals surface area contributed by atoms with Gasteiger partial charge in [0.05, 0.1) is 25.0 Å². The highest BCUT2D eigenvalue weighted by atomic mass is 32.2. The summed E-state index contributed by atoms with van der Waals surface area (Å²) in [5.74, 6) is -0.265. The van der Waals surface area contributed by atoms with E-state index in [1.807, 2.05) is 41.8 Å². The van der Waals surface area contributed by atoms with Gasteiger partial charge in [-0.15, -0.1) is 23.1 Å². The summed E-state index contributed by atoms with van der Waals surface area (Å²) >= 11 is 2.61. The number of anilines is 2. The number of nitrogens with one attached hydrogen (secondary N) is 3. The lowest BCUT2D eigenvalue weighted by atomic mass is 10.1. The Morgan fingerprint density at radius 2 is 1.61 bits per heavy atom. The quantitative estimate of drug-likeness (QED) is 0.0900. The number of ether oxygens (including phenoxy) is 2. The van der Waals surface area contributed by atoms with E-state index >= 15 is 0 Å². The molecule has 11 heteroatoms. The first kappa shape index (κ1) is 34.5. The fourth-order valence-electron chi connectivity index (χ4n) is 4.74. The van der Waals surface area contributed by atoms with E-state index in [1.54, 1.807) is 80.8 Å². The Bertz CT molecular complexity index is 2040. The van der Waals surface area contributed by atoms with Crippen molar-refractivity contribution in [2.75, 3.05) is 24.9 Å². The van der Waals surface area contributed by atoms with E-state index in [2.05, 4.69) is 22.0 Å². The molecule has 4 aromatic carbocycles. The van der Waals surface area contributed by atoms with Gasteiger partial charge in [-0.1, -0.05) is 54.6 Å². The number of rotatable bonds is 12. The minimum Gasteiger partial charge on any atom is -0.497 e. The molecular weight excluding hydrogens is 657 g/mol. The molecule has 1 unspecified atom stereocenters. The van der Waals surface area contributed by atoms with Crippen LogP contribution in [0.3, 0.4) is 0 Å². The normalized spacial score (nSPS) is 11.5. The Balaban J connectivity index is 1.31. The van der Waals surface area contributed by atoms with Crippen molar-refractivity contribution in [2.24, 2.45) is 0 Å². The molecule has 5 rings (SSSR count). The van der Waals surface area contributed by atoms with Gasteiger partial charge in [-0.05, 0) is 61.0 Å². The van der Waals surface area contributed by atoms with Crippen molar-refractivity contribution in [2.45, 2.75) is 17.1 Å². The van der Waals surface area contributed by atoms with Crippen LogP contribution in [0.15, 0.2) is 119 Å². The summed E-state index contributed by atoms with van der Waals surface area (Å²) in [6, 6.07) is 32.5. The van der Waals surface area contributed by atoms with E-state index in [4.69, 9.17) is 9.47 Å². The number of carbonyl (C=O) groups is 3. The van der Waals surface area contributed by atoms with Gasteiger partial charge in [0.15, 0.2) is 0 Å². The molecular formula is C38H32N4O5S2. The summed E-state index contributed by atoms with van der Waals surface area (Å²) in [6.07, 6.45) is 1.53. The molecule has 0 aliphatic carbocycles. The fraction of sp³-hybridized carbons (Fsp3) is 0.105. The Morgan fingerprint density at radius 3 is 2.31 bits per heavy atom. The molecule has 1 aromatic heterocycles. The van der Waals surface area contributed by atoms with Crippen LogP contribution in [0.1, 0.15) is 28.4 Å². The molecule has 3 N–H and O–H groups in total. The number of thiophene rings is 1. The Morgan fingerprint density at radius 1 is 0.878 bits per heavy atom. The van der Waals surface area contributed by atoms with Crippen LogP contribution in [-0.4, -0.2) is 37.2 Å². The number of nitriles is 1. The molecule has 0 fully saturated rings. The highest BCUT2D eigenvalue weighted by Crippen LogP contribution is 2.36. The van der Waals surface area contributed by atoms with Gasteiger partial charge >= 0.3 is 0 Å². The maximum Gasteiger partial charge on any atom is 0.272 e.